The zero-order valence-corrected chi connectivity index (χ0v) is 12.4. The smallest absolute Gasteiger partial charge is 0.227 e. The highest BCUT2D eigenvalue weighted by Crippen LogP contribution is 2.29. The molecule has 4 heteroatoms. The van der Waals surface area contributed by atoms with E-state index in [0.717, 1.165) is 16.6 Å². The summed E-state index contributed by atoms with van der Waals surface area (Å²) < 4.78 is 11.3. The fraction of sp³-hybridized carbons (Fsp3) is 0.0526. The van der Waals surface area contributed by atoms with Gasteiger partial charge in [0.15, 0.2) is 17.6 Å². The van der Waals surface area contributed by atoms with Crippen LogP contribution in [0.5, 0.6) is 0 Å². The number of aryl methyl sites for hydroxylation is 1. The standard InChI is InChI=1S/C19H13NO3/c1-12-2-4-13(5-3-12)19-20-16-8-6-14(10-18(16)23-19)17-9-7-15(11-21)22-17/h2-11H,1H3. The van der Waals surface area contributed by atoms with E-state index < -0.39 is 0 Å². The second kappa shape index (κ2) is 5.25. The molecule has 2 aromatic heterocycles. The van der Waals surface area contributed by atoms with Crippen LogP contribution < -0.4 is 0 Å². The predicted octanol–water partition coefficient (Wildman–Crippen LogP) is 4.88. The van der Waals surface area contributed by atoms with Gasteiger partial charge in [-0.3, -0.25) is 4.79 Å². The van der Waals surface area contributed by atoms with E-state index in [1.165, 1.54) is 5.56 Å². The van der Waals surface area contributed by atoms with E-state index in [2.05, 4.69) is 4.98 Å². The summed E-state index contributed by atoms with van der Waals surface area (Å²) >= 11 is 0. The highest BCUT2D eigenvalue weighted by Gasteiger charge is 2.11. The van der Waals surface area contributed by atoms with E-state index in [1.807, 2.05) is 49.4 Å². The highest BCUT2D eigenvalue weighted by atomic mass is 16.4. The van der Waals surface area contributed by atoms with Gasteiger partial charge >= 0.3 is 0 Å². The lowest BCUT2D eigenvalue weighted by atomic mass is 10.1. The van der Waals surface area contributed by atoms with Crippen LogP contribution in [0.15, 0.2) is 63.4 Å². The fourth-order valence-corrected chi connectivity index (χ4v) is 2.47. The second-order valence-corrected chi connectivity index (χ2v) is 5.39. The molecule has 0 radical (unpaired) electrons. The largest absolute Gasteiger partial charge is 0.453 e. The van der Waals surface area contributed by atoms with Crippen molar-refractivity contribution in [1.82, 2.24) is 4.98 Å². The minimum Gasteiger partial charge on any atom is -0.453 e. The minimum absolute atomic E-state index is 0.304. The summed E-state index contributed by atoms with van der Waals surface area (Å²) in [5.41, 5.74) is 4.44. The van der Waals surface area contributed by atoms with Gasteiger partial charge in [-0.2, -0.15) is 0 Å². The molecule has 0 fully saturated rings. The fourth-order valence-electron chi connectivity index (χ4n) is 2.47. The number of aromatic nitrogens is 1. The van der Waals surface area contributed by atoms with Crippen molar-refractivity contribution in [3.63, 3.8) is 0 Å². The van der Waals surface area contributed by atoms with Gasteiger partial charge in [0.05, 0.1) is 0 Å². The molecule has 0 bridgehead atoms. The molecule has 0 aliphatic rings. The molecule has 0 saturated carbocycles. The third kappa shape index (κ3) is 2.44. The zero-order valence-electron chi connectivity index (χ0n) is 12.4. The first-order valence-corrected chi connectivity index (χ1v) is 7.26. The van der Waals surface area contributed by atoms with Gasteiger partial charge in [0, 0.05) is 11.1 Å². The van der Waals surface area contributed by atoms with Crippen LogP contribution in [0.2, 0.25) is 0 Å². The van der Waals surface area contributed by atoms with Gasteiger partial charge in [-0.1, -0.05) is 17.7 Å². The molecule has 2 aromatic carbocycles. The molecule has 0 aliphatic carbocycles. The lowest BCUT2D eigenvalue weighted by Crippen LogP contribution is -1.77. The van der Waals surface area contributed by atoms with E-state index in [-0.39, 0.29) is 0 Å². The van der Waals surface area contributed by atoms with Crippen molar-refractivity contribution < 1.29 is 13.6 Å². The van der Waals surface area contributed by atoms with Crippen LogP contribution in [0.25, 0.3) is 33.9 Å². The molecule has 4 nitrogen and oxygen atoms in total. The van der Waals surface area contributed by atoms with Crippen molar-refractivity contribution in [1.29, 1.82) is 0 Å². The average molecular weight is 303 g/mol. The van der Waals surface area contributed by atoms with Gasteiger partial charge in [-0.25, -0.2) is 4.98 Å². The molecular weight excluding hydrogens is 290 g/mol. The molecule has 112 valence electrons. The van der Waals surface area contributed by atoms with Gasteiger partial charge in [0.2, 0.25) is 5.89 Å². The Kier molecular flexibility index (Phi) is 3.08. The quantitative estimate of drug-likeness (QED) is 0.506. The van der Waals surface area contributed by atoms with Crippen molar-refractivity contribution in [3.8, 4) is 22.8 Å². The Labute approximate surface area is 132 Å². The second-order valence-electron chi connectivity index (χ2n) is 5.39. The van der Waals surface area contributed by atoms with E-state index in [4.69, 9.17) is 8.83 Å². The van der Waals surface area contributed by atoms with Crippen molar-refractivity contribution >= 4 is 17.4 Å². The first kappa shape index (κ1) is 13.5. The van der Waals surface area contributed by atoms with Crippen LogP contribution in [0.3, 0.4) is 0 Å². The lowest BCUT2D eigenvalue weighted by molar-refractivity contribution is 0.110. The number of oxazole rings is 1. The molecule has 0 saturated heterocycles. The molecule has 0 spiro atoms. The Balaban J connectivity index is 1.77. The first-order chi connectivity index (χ1) is 11.2. The number of aldehydes is 1. The van der Waals surface area contributed by atoms with Crippen LogP contribution in [0.4, 0.5) is 0 Å². The van der Waals surface area contributed by atoms with Crippen LogP contribution in [0.1, 0.15) is 16.1 Å². The molecule has 4 rings (SSSR count). The number of hydrogen-bond acceptors (Lipinski definition) is 4. The summed E-state index contributed by atoms with van der Waals surface area (Å²) in [7, 11) is 0. The molecule has 0 amide bonds. The third-order valence-corrected chi connectivity index (χ3v) is 3.71. The van der Waals surface area contributed by atoms with Gasteiger partial charge in [0.1, 0.15) is 11.3 Å². The van der Waals surface area contributed by atoms with Gasteiger partial charge < -0.3 is 8.83 Å². The topological polar surface area (TPSA) is 56.2 Å². The Hall–Kier alpha value is -3.14. The average Bonchev–Trinajstić information content (AvgIpc) is 3.21. The molecule has 4 aromatic rings. The van der Waals surface area contributed by atoms with Gasteiger partial charge in [-0.05, 0) is 49.4 Å². The normalized spacial score (nSPS) is 11.0. The first-order valence-electron chi connectivity index (χ1n) is 7.26. The van der Waals surface area contributed by atoms with Crippen molar-refractivity contribution in [2.24, 2.45) is 0 Å². The maximum atomic E-state index is 10.7. The van der Waals surface area contributed by atoms with Crippen molar-refractivity contribution in [2.75, 3.05) is 0 Å². The number of carbonyl (C=O) groups excluding carboxylic acids is 1. The van der Waals surface area contributed by atoms with E-state index in [0.29, 0.717) is 29.3 Å². The summed E-state index contributed by atoms with van der Waals surface area (Å²) in [5, 5.41) is 0. The monoisotopic (exact) mass is 303 g/mol. The molecule has 2 heterocycles. The Bertz CT molecular complexity index is 993. The molecule has 0 N–H and O–H groups in total. The van der Waals surface area contributed by atoms with Crippen molar-refractivity contribution in [3.05, 3.63) is 65.9 Å². The molecule has 23 heavy (non-hydrogen) atoms. The summed E-state index contributed by atoms with van der Waals surface area (Å²) in [6.45, 7) is 2.04. The Morgan fingerprint density at radius 1 is 0.913 bits per heavy atom. The molecule has 0 unspecified atom stereocenters. The number of hydrogen-bond donors (Lipinski definition) is 0. The summed E-state index contributed by atoms with van der Waals surface area (Å²) in [4.78, 5) is 15.2. The van der Waals surface area contributed by atoms with E-state index >= 15 is 0 Å². The maximum Gasteiger partial charge on any atom is 0.227 e. The lowest BCUT2D eigenvalue weighted by Gasteiger charge is -1.96. The predicted molar refractivity (Wildman–Crippen MR) is 87.3 cm³/mol. The summed E-state index contributed by atoms with van der Waals surface area (Å²) in [6, 6.07) is 17.1. The van der Waals surface area contributed by atoms with Crippen LogP contribution in [-0.2, 0) is 0 Å². The maximum absolute atomic E-state index is 10.7. The third-order valence-electron chi connectivity index (χ3n) is 3.71. The number of nitrogens with zero attached hydrogens (tertiary/aromatic N) is 1. The molecular formula is C19H13NO3. The zero-order chi connectivity index (χ0) is 15.8. The highest BCUT2D eigenvalue weighted by molar-refractivity contribution is 5.82. The van der Waals surface area contributed by atoms with Crippen LogP contribution in [0, 0.1) is 6.92 Å². The van der Waals surface area contributed by atoms with Gasteiger partial charge in [0.25, 0.3) is 0 Å². The number of furan rings is 1. The van der Waals surface area contributed by atoms with Crippen LogP contribution in [-0.4, -0.2) is 11.3 Å². The SMILES string of the molecule is Cc1ccc(-c2nc3ccc(-c4ccc(C=O)o4)cc3o2)cc1. The molecule has 0 atom stereocenters. The van der Waals surface area contributed by atoms with Crippen molar-refractivity contribution in [2.45, 2.75) is 6.92 Å². The Morgan fingerprint density at radius 3 is 2.43 bits per heavy atom. The van der Waals surface area contributed by atoms with E-state index in [1.54, 1.807) is 12.1 Å². The molecule has 0 aliphatic heterocycles. The number of fused-ring (bicyclic) bond motifs is 1. The van der Waals surface area contributed by atoms with Gasteiger partial charge in [-0.15, -0.1) is 0 Å². The number of rotatable bonds is 3. The Morgan fingerprint density at radius 2 is 1.70 bits per heavy atom. The number of carbonyl (C=O) groups is 1. The number of benzene rings is 2. The van der Waals surface area contributed by atoms with Crippen LogP contribution >= 0.6 is 0 Å². The van der Waals surface area contributed by atoms with E-state index in [9.17, 15) is 4.79 Å². The summed E-state index contributed by atoms with van der Waals surface area (Å²) in [5.74, 6) is 1.52. The minimum atomic E-state index is 0.304. The summed E-state index contributed by atoms with van der Waals surface area (Å²) in [6.07, 6.45) is 0.686.